The summed E-state index contributed by atoms with van der Waals surface area (Å²) in [4.78, 5) is 10.9. The van der Waals surface area contributed by atoms with Crippen molar-refractivity contribution in [2.75, 3.05) is 57.9 Å². The SMILES string of the molecule is CN=C(NCC(c1cccs1)N1CCOCC1)NC(C)c1cccc(N2CCCC2)c1. The average Bonchev–Trinajstić information content (AvgIpc) is 3.54. The minimum Gasteiger partial charge on any atom is -0.379 e. The van der Waals surface area contributed by atoms with Gasteiger partial charge in [-0.2, -0.15) is 0 Å². The predicted molar refractivity (Wildman–Crippen MR) is 130 cm³/mol. The maximum Gasteiger partial charge on any atom is 0.191 e. The van der Waals surface area contributed by atoms with E-state index >= 15 is 0 Å². The number of guanidine groups is 1. The van der Waals surface area contributed by atoms with E-state index < -0.39 is 0 Å². The lowest BCUT2D eigenvalue weighted by atomic mass is 10.1. The Bertz CT molecular complexity index is 828. The summed E-state index contributed by atoms with van der Waals surface area (Å²) in [7, 11) is 1.84. The predicted octanol–water partition coefficient (Wildman–Crippen LogP) is 3.65. The largest absolute Gasteiger partial charge is 0.379 e. The molecule has 2 unspecified atom stereocenters. The Morgan fingerprint density at radius 3 is 2.65 bits per heavy atom. The summed E-state index contributed by atoms with van der Waals surface area (Å²) in [5, 5.41) is 9.32. The minimum atomic E-state index is 0.178. The molecule has 0 radical (unpaired) electrons. The van der Waals surface area contributed by atoms with Gasteiger partial charge in [0.1, 0.15) is 0 Å². The van der Waals surface area contributed by atoms with Crippen LogP contribution in [0.5, 0.6) is 0 Å². The molecule has 0 saturated carbocycles. The number of thiophene rings is 1. The highest BCUT2D eigenvalue weighted by atomic mass is 32.1. The second-order valence-electron chi connectivity index (χ2n) is 8.29. The van der Waals surface area contributed by atoms with Crippen LogP contribution in [0.2, 0.25) is 0 Å². The number of hydrogen-bond acceptors (Lipinski definition) is 5. The number of nitrogens with zero attached hydrogens (tertiary/aromatic N) is 3. The Hall–Kier alpha value is -2.09. The van der Waals surface area contributed by atoms with Crippen molar-refractivity contribution in [2.24, 2.45) is 4.99 Å². The zero-order chi connectivity index (χ0) is 21.5. The first-order chi connectivity index (χ1) is 15.2. The third kappa shape index (κ3) is 5.79. The Labute approximate surface area is 190 Å². The highest BCUT2D eigenvalue weighted by Crippen LogP contribution is 2.26. The molecule has 6 nitrogen and oxygen atoms in total. The van der Waals surface area contributed by atoms with E-state index in [1.165, 1.54) is 42.1 Å². The monoisotopic (exact) mass is 441 g/mol. The van der Waals surface area contributed by atoms with Gasteiger partial charge >= 0.3 is 0 Å². The molecule has 2 aliphatic heterocycles. The third-order valence-corrected chi connectivity index (χ3v) is 7.21. The van der Waals surface area contributed by atoms with Crippen LogP contribution in [0, 0.1) is 0 Å². The van der Waals surface area contributed by atoms with E-state index in [0.29, 0.717) is 6.04 Å². The highest BCUT2D eigenvalue weighted by Gasteiger charge is 2.24. The van der Waals surface area contributed by atoms with Crippen molar-refractivity contribution >= 4 is 23.0 Å². The Kier molecular flexibility index (Phi) is 7.83. The van der Waals surface area contributed by atoms with Crippen LogP contribution in [0.25, 0.3) is 0 Å². The number of anilines is 1. The molecule has 2 N–H and O–H groups in total. The molecule has 4 rings (SSSR count). The van der Waals surface area contributed by atoms with Gasteiger partial charge in [0.2, 0.25) is 0 Å². The Balaban J connectivity index is 1.37. The molecular weight excluding hydrogens is 406 g/mol. The summed E-state index contributed by atoms with van der Waals surface area (Å²) < 4.78 is 5.56. The fourth-order valence-electron chi connectivity index (χ4n) is 4.42. The molecule has 2 aromatic rings. The van der Waals surface area contributed by atoms with Crippen LogP contribution in [-0.4, -0.2) is 63.8 Å². The molecule has 2 saturated heterocycles. The zero-order valence-corrected chi connectivity index (χ0v) is 19.5. The Morgan fingerprint density at radius 1 is 1.13 bits per heavy atom. The highest BCUT2D eigenvalue weighted by molar-refractivity contribution is 7.10. The van der Waals surface area contributed by atoms with Crippen molar-refractivity contribution in [3.8, 4) is 0 Å². The number of hydrogen-bond donors (Lipinski definition) is 2. The topological polar surface area (TPSA) is 52.1 Å². The Morgan fingerprint density at radius 2 is 1.94 bits per heavy atom. The molecule has 0 aliphatic carbocycles. The fourth-order valence-corrected chi connectivity index (χ4v) is 5.28. The minimum absolute atomic E-state index is 0.178. The maximum absolute atomic E-state index is 5.56. The first-order valence-corrected chi connectivity index (χ1v) is 12.3. The molecule has 2 aliphatic rings. The smallest absolute Gasteiger partial charge is 0.191 e. The fraction of sp³-hybridized carbons (Fsp3) is 0.542. The molecule has 1 aromatic carbocycles. The molecule has 2 fully saturated rings. The van der Waals surface area contributed by atoms with Gasteiger partial charge in [-0.25, -0.2) is 0 Å². The van der Waals surface area contributed by atoms with Crippen LogP contribution in [0.15, 0.2) is 46.8 Å². The van der Waals surface area contributed by atoms with E-state index in [9.17, 15) is 0 Å². The van der Waals surface area contributed by atoms with Gasteiger partial charge < -0.3 is 20.3 Å². The summed E-state index contributed by atoms with van der Waals surface area (Å²) >= 11 is 1.82. The van der Waals surface area contributed by atoms with Crippen molar-refractivity contribution in [1.29, 1.82) is 0 Å². The second-order valence-corrected chi connectivity index (χ2v) is 9.27. The first-order valence-electron chi connectivity index (χ1n) is 11.4. The lowest BCUT2D eigenvalue weighted by Gasteiger charge is -2.34. The van der Waals surface area contributed by atoms with Crippen LogP contribution < -0.4 is 15.5 Å². The number of ether oxygens (including phenoxy) is 1. The molecular formula is C24H35N5OS. The van der Waals surface area contributed by atoms with Gasteiger partial charge in [0.15, 0.2) is 5.96 Å². The maximum atomic E-state index is 5.56. The molecule has 31 heavy (non-hydrogen) atoms. The second kappa shape index (κ2) is 11.0. The van der Waals surface area contributed by atoms with Crippen molar-refractivity contribution in [1.82, 2.24) is 15.5 Å². The van der Waals surface area contributed by atoms with Gasteiger partial charge in [0.05, 0.1) is 25.3 Å². The van der Waals surface area contributed by atoms with Crippen molar-refractivity contribution in [2.45, 2.75) is 31.8 Å². The van der Waals surface area contributed by atoms with Crippen molar-refractivity contribution in [3.63, 3.8) is 0 Å². The van der Waals surface area contributed by atoms with Gasteiger partial charge in [-0.1, -0.05) is 18.2 Å². The van der Waals surface area contributed by atoms with Crippen molar-refractivity contribution < 1.29 is 4.74 Å². The quantitative estimate of drug-likeness (QED) is 0.507. The lowest BCUT2D eigenvalue weighted by Crippen LogP contribution is -2.46. The number of nitrogens with one attached hydrogen (secondary N) is 2. The molecule has 0 amide bonds. The summed E-state index contributed by atoms with van der Waals surface area (Å²) in [6.45, 7) is 8.90. The summed E-state index contributed by atoms with van der Waals surface area (Å²) in [5.41, 5.74) is 2.62. The molecule has 3 heterocycles. The van der Waals surface area contributed by atoms with Gasteiger partial charge in [0.25, 0.3) is 0 Å². The number of rotatable bonds is 7. The first kappa shape index (κ1) is 22.1. The summed E-state index contributed by atoms with van der Waals surface area (Å²) in [5.74, 6) is 0.842. The van der Waals surface area contributed by atoms with E-state index in [4.69, 9.17) is 4.74 Å². The van der Waals surface area contributed by atoms with Gasteiger partial charge in [-0.05, 0) is 48.9 Å². The average molecular weight is 442 g/mol. The van der Waals surface area contributed by atoms with E-state index in [2.05, 4.69) is 74.1 Å². The standard InChI is InChI=1S/C24H35N5OS/c1-19(20-7-5-8-21(17-20)28-10-3-4-11-28)27-24(25-2)26-18-22(23-9-6-16-31-23)29-12-14-30-15-13-29/h5-9,16-17,19,22H,3-4,10-15,18H2,1-2H3,(H2,25,26,27). The lowest BCUT2D eigenvalue weighted by molar-refractivity contribution is 0.0177. The van der Waals surface area contributed by atoms with Crippen LogP contribution in [0.4, 0.5) is 5.69 Å². The van der Waals surface area contributed by atoms with Crippen LogP contribution in [-0.2, 0) is 4.74 Å². The summed E-state index contributed by atoms with van der Waals surface area (Å²) in [6, 6.07) is 13.8. The molecule has 168 valence electrons. The third-order valence-electron chi connectivity index (χ3n) is 6.24. The number of morpholine rings is 1. The van der Waals surface area contributed by atoms with E-state index in [-0.39, 0.29) is 6.04 Å². The van der Waals surface area contributed by atoms with Crippen LogP contribution in [0.1, 0.15) is 42.3 Å². The molecule has 0 bridgehead atoms. The number of aliphatic imine (C=N–C) groups is 1. The van der Waals surface area contributed by atoms with Crippen LogP contribution >= 0.6 is 11.3 Å². The molecule has 0 spiro atoms. The van der Waals surface area contributed by atoms with Crippen molar-refractivity contribution in [3.05, 3.63) is 52.2 Å². The van der Waals surface area contributed by atoms with E-state index in [0.717, 1.165) is 38.8 Å². The van der Waals surface area contributed by atoms with Gasteiger partial charge in [0, 0.05) is 50.3 Å². The number of benzene rings is 1. The van der Waals surface area contributed by atoms with E-state index in [1.54, 1.807) is 0 Å². The zero-order valence-electron chi connectivity index (χ0n) is 18.7. The normalized spacial score (nSPS) is 19.9. The van der Waals surface area contributed by atoms with Crippen LogP contribution in [0.3, 0.4) is 0 Å². The summed E-state index contributed by atoms with van der Waals surface area (Å²) in [6.07, 6.45) is 2.59. The van der Waals surface area contributed by atoms with E-state index in [1.807, 2.05) is 18.4 Å². The molecule has 1 aromatic heterocycles. The van der Waals surface area contributed by atoms with Gasteiger partial charge in [-0.15, -0.1) is 11.3 Å². The van der Waals surface area contributed by atoms with Gasteiger partial charge in [-0.3, -0.25) is 9.89 Å². The molecule has 7 heteroatoms. The molecule has 2 atom stereocenters.